The number of amides is 1. The van der Waals surface area contributed by atoms with Crippen LogP contribution in [0.2, 0.25) is 0 Å². The molecule has 1 N–H and O–H groups in total. The molecule has 2 aromatic heterocycles. The molecule has 4 aromatic rings. The lowest BCUT2D eigenvalue weighted by molar-refractivity contribution is -0.116. The number of carbonyl (C=O) groups is 1. The van der Waals surface area contributed by atoms with E-state index >= 15 is 0 Å². The molecule has 0 unspecified atom stereocenters. The maximum atomic E-state index is 12.3. The molecule has 0 aliphatic rings. The Hall–Kier alpha value is -3.06. The lowest BCUT2D eigenvalue weighted by Crippen LogP contribution is -2.12. The molecular formula is C20H18N4O2S. The monoisotopic (exact) mass is 378 g/mol. The van der Waals surface area contributed by atoms with Gasteiger partial charge in [-0.05, 0) is 25.0 Å². The zero-order valence-electron chi connectivity index (χ0n) is 15.0. The largest absolute Gasteiger partial charge is 0.339 e. The van der Waals surface area contributed by atoms with E-state index < -0.39 is 0 Å². The van der Waals surface area contributed by atoms with Crippen LogP contribution in [0.15, 0.2) is 47.0 Å². The summed E-state index contributed by atoms with van der Waals surface area (Å²) in [4.78, 5) is 21.2. The van der Waals surface area contributed by atoms with Crippen LogP contribution in [0.4, 0.5) is 5.13 Å². The number of benzene rings is 2. The molecule has 0 saturated heterocycles. The van der Waals surface area contributed by atoms with E-state index in [-0.39, 0.29) is 12.3 Å². The van der Waals surface area contributed by atoms with E-state index in [1.165, 1.54) is 11.3 Å². The number of hydrogen-bond acceptors (Lipinski definition) is 6. The molecule has 0 saturated carbocycles. The molecule has 7 heteroatoms. The van der Waals surface area contributed by atoms with Gasteiger partial charge in [-0.1, -0.05) is 59.0 Å². The van der Waals surface area contributed by atoms with E-state index in [4.69, 9.17) is 4.52 Å². The molecule has 4 rings (SSSR count). The zero-order valence-corrected chi connectivity index (χ0v) is 15.8. The summed E-state index contributed by atoms with van der Waals surface area (Å²) >= 11 is 1.49. The first-order valence-electron chi connectivity index (χ1n) is 8.65. The molecule has 0 fully saturated rings. The maximum Gasteiger partial charge on any atom is 0.227 e. The molecule has 2 heterocycles. The van der Waals surface area contributed by atoms with Crippen LogP contribution in [0.25, 0.3) is 21.6 Å². The Morgan fingerprint density at radius 1 is 1.07 bits per heavy atom. The molecule has 2 aromatic carbocycles. The smallest absolute Gasteiger partial charge is 0.227 e. The van der Waals surface area contributed by atoms with Gasteiger partial charge in [0.2, 0.25) is 17.6 Å². The van der Waals surface area contributed by atoms with Crippen LogP contribution < -0.4 is 5.32 Å². The summed E-state index contributed by atoms with van der Waals surface area (Å²) in [6.07, 6.45) is 0.638. The third-order valence-electron chi connectivity index (χ3n) is 4.25. The van der Waals surface area contributed by atoms with Crippen LogP contribution in [0.3, 0.4) is 0 Å². The van der Waals surface area contributed by atoms with E-state index in [1.807, 2.05) is 50.2 Å². The summed E-state index contributed by atoms with van der Waals surface area (Å²) in [5, 5.41) is 7.46. The number of anilines is 1. The highest BCUT2D eigenvalue weighted by atomic mass is 32.1. The van der Waals surface area contributed by atoms with Gasteiger partial charge in [0.1, 0.15) is 0 Å². The van der Waals surface area contributed by atoms with Crippen molar-refractivity contribution in [1.29, 1.82) is 0 Å². The molecule has 0 aliphatic heterocycles. The minimum atomic E-state index is -0.121. The number of fused-ring (bicyclic) bond motifs is 1. The molecular weight excluding hydrogens is 360 g/mol. The molecule has 0 aliphatic carbocycles. The molecule has 1 amide bonds. The Morgan fingerprint density at radius 3 is 2.63 bits per heavy atom. The maximum absolute atomic E-state index is 12.3. The van der Waals surface area contributed by atoms with Gasteiger partial charge in [0, 0.05) is 18.4 Å². The minimum absolute atomic E-state index is 0.121. The standard InChI is InChI=1S/C20H18N4O2S/c1-12-8-9-13(2)18-17(12)23-20(27-18)21-15(25)10-11-16-22-19(24-26-16)14-6-4-3-5-7-14/h3-9H,10-11H2,1-2H3,(H,21,23,25). The number of nitrogens with one attached hydrogen (secondary N) is 1. The lowest BCUT2D eigenvalue weighted by atomic mass is 10.1. The van der Waals surface area contributed by atoms with Gasteiger partial charge in [-0.25, -0.2) is 4.98 Å². The quantitative estimate of drug-likeness (QED) is 0.552. The SMILES string of the molecule is Cc1ccc(C)c2sc(NC(=O)CCc3nc(-c4ccccc4)no3)nc12. The molecule has 0 bridgehead atoms. The first-order chi connectivity index (χ1) is 13.1. The third kappa shape index (κ3) is 3.73. The Bertz CT molecular complexity index is 1060. The number of thiazole rings is 1. The van der Waals surface area contributed by atoms with Crippen molar-refractivity contribution < 1.29 is 9.32 Å². The fourth-order valence-corrected chi connectivity index (χ4v) is 3.80. The lowest BCUT2D eigenvalue weighted by Gasteiger charge is -1.98. The Labute approximate surface area is 160 Å². The molecule has 0 atom stereocenters. The highest BCUT2D eigenvalue weighted by Gasteiger charge is 2.13. The number of carbonyl (C=O) groups excluding carboxylic acids is 1. The van der Waals surface area contributed by atoms with Gasteiger partial charge < -0.3 is 9.84 Å². The van der Waals surface area contributed by atoms with Crippen LogP contribution >= 0.6 is 11.3 Å². The van der Waals surface area contributed by atoms with Crippen molar-refractivity contribution in [3.8, 4) is 11.4 Å². The van der Waals surface area contributed by atoms with Gasteiger partial charge in [0.15, 0.2) is 5.13 Å². The summed E-state index contributed by atoms with van der Waals surface area (Å²) in [5.41, 5.74) is 4.09. The van der Waals surface area contributed by atoms with Crippen molar-refractivity contribution in [3.63, 3.8) is 0 Å². The van der Waals surface area contributed by atoms with Gasteiger partial charge in [0.05, 0.1) is 10.2 Å². The molecule has 136 valence electrons. The second-order valence-electron chi connectivity index (χ2n) is 6.32. The van der Waals surface area contributed by atoms with Crippen molar-refractivity contribution >= 4 is 32.6 Å². The van der Waals surface area contributed by atoms with Crippen molar-refractivity contribution in [3.05, 3.63) is 59.5 Å². The van der Waals surface area contributed by atoms with Crippen LogP contribution in [-0.4, -0.2) is 21.0 Å². The van der Waals surface area contributed by atoms with Crippen molar-refractivity contribution in [2.75, 3.05) is 5.32 Å². The van der Waals surface area contributed by atoms with Crippen LogP contribution in [0.1, 0.15) is 23.4 Å². The highest BCUT2D eigenvalue weighted by molar-refractivity contribution is 7.22. The van der Waals surface area contributed by atoms with Crippen LogP contribution in [0, 0.1) is 13.8 Å². The zero-order chi connectivity index (χ0) is 18.8. The number of rotatable bonds is 5. The minimum Gasteiger partial charge on any atom is -0.339 e. The molecule has 27 heavy (non-hydrogen) atoms. The van der Waals surface area contributed by atoms with Crippen molar-refractivity contribution in [2.45, 2.75) is 26.7 Å². The third-order valence-corrected chi connectivity index (χ3v) is 5.36. The summed E-state index contributed by atoms with van der Waals surface area (Å²) in [6.45, 7) is 4.07. The normalized spacial score (nSPS) is 11.0. The highest BCUT2D eigenvalue weighted by Crippen LogP contribution is 2.30. The number of hydrogen-bond donors (Lipinski definition) is 1. The number of aryl methyl sites for hydroxylation is 3. The summed E-state index contributed by atoms with van der Waals surface area (Å²) in [6, 6.07) is 13.7. The Morgan fingerprint density at radius 2 is 1.85 bits per heavy atom. The first kappa shape index (κ1) is 17.4. The fraction of sp³-hybridized carbons (Fsp3) is 0.200. The Kier molecular flexibility index (Phi) is 4.68. The second kappa shape index (κ2) is 7.28. The topological polar surface area (TPSA) is 80.9 Å². The van der Waals surface area contributed by atoms with Gasteiger partial charge in [0.25, 0.3) is 0 Å². The van der Waals surface area contributed by atoms with E-state index in [9.17, 15) is 4.79 Å². The average Bonchev–Trinajstić information content (AvgIpc) is 3.32. The summed E-state index contributed by atoms with van der Waals surface area (Å²) in [5.74, 6) is 0.854. The molecule has 0 spiro atoms. The number of nitrogens with zero attached hydrogens (tertiary/aromatic N) is 3. The fourth-order valence-electron chi connectivity index (χ4n) is 2.78. The van der Waals surface area contributed by atoms with Crippen molar-refractivity contribution in [1.82, 2.24) is 15.1 Å². The summed E-state index contributed by atoms with van der Waals surface area (Å²) in [7, 11) is 0. The Balaban J connectivity index is 1.40. The van der Waals surface area contributed by atoms with Gasteiger partial charge >= 0.3 is 0 Å². The predicted octanol–water partition coefficient (Wildman–Crippen LogP) is 4.53. The van der Waals surface area contributed by atoms with Crippen LogP contribution in [-0.2, 0) is 11.2 Å². The first-order valence-corrected chi connectivity index (χ1v) is 9.46. The van der Waals surface area contributed by atoms with Gasteiger partial charge in [-0.2, -0.15) is 4.98 Å². The van der Waals surface area contributed by atoms with Gasteiger partial charge in [-0.15, -0.1) is 0 Å². The van der Waals surface area contributed by atoms with E-state index in [0.29, 0.717) is 23.3 Å². The van der Waals surface area contributed by atoms with Crippen LogP contribution in [0.5, 0.6) is 0 Å². The van der Waals surface area contributed by atoms with E-state index in [1.54, 1.807) is 0 Å². The molecule has 0 radical (unpaired) electrons. The van der Waals surface area contributed by atoms with E-state index in [0.717, 1.165) is 26.9 Å². The average molecular weight is 378 g/mol. The number of aromatic nitrogens is 3. The van der Waals surface area contributed by atoms with Crippen molar-refractivity contribution in [2.24, 2.45) is 0 Å². The van der Waals surface area contributed by atoms with Gasteiger partial charge in [-0.3, -0.25) is 4.79 Å². The molecule has 6 nitrogen and oxygen atoms in total. The predicted molar refractivity (Wildman–Crippen MR) is 106 cm³/mol. The summed E-state index contributed by atoms with van der Waals surface area (Å²) < 4.78 is 6.35. The second-order valence-corrected chi connectivity index (χ2v) is 7.32. The van der Waals surface area contributed by atoms with E-state index in [2.05, 4.69) is 26.5 Å².